The van der Waals surface area contributed by atoms with E-state index < -0.39 is 0 Å². The molecule has 0 aliphatic carbocycles. The number of furan rings is 1. The van der Waals surface area contributed by atoms with E-state index in [1.807, 2.05) is 25.1 Å². The average molecular weight is 381 g/mol. The van der Waals surface area contributed by atoms with E-state index in [2.05, 4.69) is 15.6 Å². The van der Waals surface area contributed by atoms with Crippen molar-refractivity contribution in [3.05, 3.63) is 53.2 Å². The molecule has 1 atom stereocenters. The van der Waals surface area contributed by atoms with Crippen molar-refractivity contribution in [2.75, 3.05) is 13.6 Å². The standard InChI is InChI=1S/C20H23N5O3/c1-12-5-3-6-14-17(12)24-18(23-14)15-7-4-10-25(15)20(27)22-11-13-8-9-16(28-13)19(26)21-2/h3,5-6,8-9,15H,4,7,10-11H2,1-2H3,(H,21,26)(H,22,27)(H,23,24)/t15-/m0/s1. The highest BCUT2D eigenvalue weighted by atomic mass is 16.4. The van der Waals surface area contributed by atoms with Crippen LogP contribution < -0.4 is 10.6 Å². The number of urea groups is 1. The number of aromatic nitrogens is 2. The van der Waals surface area contributed by atoms with Gasteiger partial charge in [-0.25, -0.2) is 9.78 Å². The van der Waals surface area contributed by atoms with E-state index in [9.17, 15) is 9.59 Å². The molecule has 0 saturated carbocycles. The van der Waals surface area contributed by atoms with Gasteiger partial charge in [0.05, 0.1) is 23.6 Å². The molecule has 2 aromatic heterocycles. The predicted octanol–water partition coefficient (Wildman–Crippen LogP) is 2.87. The number of aryl methyl sites for hydroxylation is 1. The van der Waals surface area contributed by atoms with Crippen LogP contribution in [-0.4, -0.2) is 40.4 Å². The van der Waals surface area contributed by atoms with Gasteiger partial charge in [0, 0.05) is 13.6 Å². The third-order valence-corrected chi connectivity index (χ3v) is 5.09. The van der Waals surface area contributed by atoms with Gasteiger partial charge in [-0.05, 0) is 43.5 Å². The first-order valence-electron chi connectivity index (χ1n) is 9.37. The summed E-state index contributed by atoms with van der Waals surface area (Å²) in [5.41, 5.74) is 3.04. The number of carbonyl (C=O) groups is 2. The second-order valence-electron chi connectivity index (χ2n) is 6.95. The Morgan fingerprint density at radius 3 is 2.96 bits per heavy atom. The molecule has 8 nitrogen and oxygen atoms in total. The zero-order valence-electron chi connectivity index (χ0n) is 15.9. The molecule has 1 fully saturated rings. The Hall–Kier alpha value is -3.29. The molecule has 1 saturated heterocycles. The number of aromatic amines is 1. The molecule has 1 aliphatic heterocycles. The SMILES string of the molecule is CNC(=O)c1ccc(CNC(=O)N2CCC[C@H]2c2nc3c(C)cccc3[nH]2)o1. The summed E-state index contributed by atoms with van der Waals surface area (Å²) in [7, 11) is 1.54. The van der Waals surface area contributed by atoms with E-state index in [0.717, 1.165) is 35.3 Å². The lowest BCUT2D eigenvalue weighted by Crippen LogP contribution is -2.39. The van der Waals surface area contributed by atoms with Crippen LogP contribution in [0.2, 0.25) is 0 Å². The molecule has 3 aromatic rings. The van der Waals surface area contributed by atoms with Crippen LogP contribution >= 0.6 is 0 Å². The maximum Gasteiger partial charge on any atom is 0.318 e. The fraction of sp³-hybridized carbons (Fsp3) is 0.350. The van der Waals surface area contributed by atoms with Crippen LogP contribution in [0.15, 0.2) is 34.7 Å². The summed E-state index contributed by atoms with van der Waals surface area (Å²) in [4.78, 5) is 34.2. The maximum atomic E-state index is 12.7. The largest absolute Gasteiger partial charge is 0.454 e. The molecular formula is C20H23N5O3. The number of fused-ring (bicyclic) bond motifs is 1. The number of rotatable bonds is 4. The van der Waals surface area contributed by atoms with Gasteiger partial charge in [0.25, 0.3) is 5.91 Å². The number of amides is 3. The number of carbonyl (C=O) groups excluding carboxylic acids is 2. The van der Waals surface area contributed by atoms with Gasteiger partial charge in [-0.15, -0.1) is 0 Å². The van der Waals surface area contributed by atoms with Crippen LogP contribution in [0.3, 0.4) is 0 Å². The Bertz CT molecular complexity index is 1020. The van der Waals surface area contributed by atoms with Crippen molar-refractivity contribution >= 4 is 23.0 Å². The molecule has 0 spiro atoms. The highest BCUT2D eigenvalue weighted by Crippen LogP contribution is 2.31. The van der Waals surface area contributed by atoms with Crippen LogP contribution in [0.5, 0.6) is 0 Å². The minimum absolute atomic E-state index is 0.0789. The molecule has 0 unspecified atom stereocenters. The quantitative estimate of drug-likeness (QED) is 0.646. The van der Waals surface area contributed by atoms with Crippen LogP contribution in [0.25, 0.3) is 11.0 Å². The lowest BCUT2D eigenvalue weighted by Gasteiger charge is -2.23. The lowest BCUT2D eigenvalue weighted by molar-refractivity contribution is 0.0933. The van der Waals surface area contributed by atoms with Gasteiger partial charge < -0.3 is 24.9 Å². The first-order chi connectivity index (χ1) is 13.6. The minimum atomic E-state index is -0.294. The molecule has 8 heteroatoms. The Balaban J connectivity index is 1.45. The van der Waals surface area contributed by atoms with Gasteiger partial charge in [-0.1, -0.05) is 12.1 Å². The third-order valence-electron chi connectivity index (χ3n) is 5.09. The fourth-order valence-corrected chi connectivity index (χ4v) is 3.63. The highest BCUT2D eigenvalue weighted by Gasteiger charge is 2.32. The van der Waals surface area contributed by atoms with Crippen LogP contribution in [0.1, 0.15) is 46.6 Å². The number of para-hydroxylation sites is 1. The van der Waals surface area contributed by atoms with E-state index in [-0.39, 0.29) is 30.3 Å². The van der Waals surface area contributed by atoms with E-state index in [1.165, 1.54) is 0 Å². The number of H-pyrrole nitrogens is 1. The Morgan fingerprint density at radius 2 is 2.18 bits per heavy atom. The minimum Gasteiger partial charge on any atom is -0.454 e. The van der Waals surface area contributed by atoms with Crippen molar-refractivity contribution in [1.82, 2.24) is 25.5 Å². The Labute approximate surface area is 162 Å². The van der Waals surface area contributed by atoms with Gasteiger partial charge in [-0.2, -0.15) is 0 Å². The fourth-order valence-electron chi connectivity index (χ4n) is 3.63. The molecule has 3 amide bonds. The number of hydrogen-bond acceptors (Lipinski definition) is 4. The Morgan fingerprint density at radius 1 is 1.32 bits per heavy atom. The van der Waals surface area contributed by atoms with Crippen molar-refractivity contribution < 1.29 is 14.0 Å². The van der Waals surface area contributed by atoms with Crippen molar-refractivity contribution in [2.24, 2.45) is 0 Å². The van der Waals surface area contributed by atoms with Crippen LogP contribution in [0, 0.1) is 6.92 Å². The Kier molecular flexibility index (Phi) is 4.77. The van der Waals surface area contributed by atoms with Crippen molar-refractivity contribution in [2.45, 2.75) is 32.4 Å². The van der Waals surface area contributed by atoms with Gasteiger partial charge in [-0.3, -0.25) is 4.79 Å². The van der Waals surface area contributed by atoms with E-state index in [1.54, 1.807) is 24.1 Å². The van der Waals surface area contributed by atoms with Crippen molar-refractivity contribution in [1.29, 1.82) is 0 Å². The molecule has 1 aromatic carbocycles. The summed E-state index contributed by atoms with van der Waals surface area (Å²) in [5.74, 6) is 1.28. The molecule has 4 rings (SSSR count). The van der Waals surface area contributed by atoms with Crippen LogP contribution in [-0.2, 0) is 6.54 Å². The normalized spacial score (nSPS) is 16.5. The molecular weight excluding hydrogens is 358 g/mol. The smallest absolute Gasteiger partial charge is 0.318 e. The lowest BCUT2D eigenvalue weighted by atomic mass is 10.2. The van der Waals surface area contributed by atoms with Gasteiger partial charge in [0.1, 0.15) is 11.6 Å². The number of likely N-dealkylation sites (tertiary alicyclic amines) is 1. The first-order valence-corrected chi connectivity index (χ1v) is 9.37. The molecule has 3 N–H and O–H groups in total. The molecule has 3 heterocycles. The number of hydrogen-bond donors (Lipinski definition) is 3. The van der Waals surface area contributed by atoms with Crippen molar-refractivity contribution in [3.8, 4) is 0 Å². The van der Waals surface area contributed by atoms with E-state index in [4.69, 9.17) is 9.40 Å². The highest BCUT2D eigenvalue weighted by molar-refractivity contribution is 5.91. The maximum absolute atomic E-state index is 12.7. The van der Waals surface area contributed by atoms with Crippen molar-refractivity contribution in [3.63, 3.8) is 0 Å². The van der Waals surface area contributed by atoms with Crippen LogP contribution in [0.4, 0.5) is 4.79 Å². The summed E-state index contributed by atoms with van der Waals surface area (Å²) >= 11 is 0. The zero-order chi connectivity index (χ0) is 19.7. The van der Waals surface area contributed by atoms with E-state index >= 15 is 0 Å². The predicted molar refractivity (Wildman–Crippen MR) is 104 cm³/mol. The topological polar surface area (TPSA) is 103 Å². The summed E-state index contributed by atoms with van der Waals surface area (Å²) in [5, 5.41) is 5.38. The molecule has 28 heavy (non-hydrogen) atoms. The summed E-state index contributed by atoms with van der Waals surface area (Å²) < 4.78 is 5.45. The number of nitrogens with zero attached hydrogens (tertiary/aromatic N) is 2. The monoisotopic (exact) mass is 381 g/mol. The molecule has 146 valence electrons. The van der Waals surface area contributed by atoms with Gasteiger partial charge >= 0.3 is 6.03 Å². The first kappa shape index (κ1) is 18.1. The molecule has 0 radical (unpaired) electrons. The second kappa shape index (κ2) is 7.38. The van der Waals surface area contributed by atoms with E-state index in [0.29, 0.717) is 12.3 Å². The number of imidazole rings is 1. The summed E-state index contributed by atoms with van der Waals surface area (Å²) in [6.07, 6.45) is 1.80. The molecule has 0 bridgehead atoms. The number of nitrogens with one attached hydrogen (secondary N) is 3. The number of benzene rings is 1. The second-order valence-corrected chi connectivity index (χ2v) is 6.95. The molecule has 1 aliphatic rings. The average Bonchev–Trinajstić information content (AvgIpc) is 3.44. The zero-order valence-corrected chi connectivity index (χ0v) is 15.9. The summed E-state index contributed by atoms with van der Waals surface area (Å²) in [6, 6.07) is 9.06. The van der Waals surface area contributed by atoms with Gasteiger partial charge in [0.2, 0.25) is 0 Å². The third kappa shape index (κ3) is 3.33. The summed E-state index contributed by atoms with van der Waals surface area (Å²) in [6.45, 7) is 2.93. The van der Waals surface area contributed by atoms with Gasteiger partial charge in [0.15, 0.2) is 5.76 Å².